The molecule has 4 nitrogen and oxygen atoms in total. The van der Waals surface area contributed by atoms with E-state index in [2.05, 4.69) is 121 Å². The summed E-state index contributed by atoms with van der Waals surface area (Å²) >= 11 is 0. The molecule has 1 aliphatic carbocycles. The molecule has 0 unspecified atom stereocenters. The third-order valence-corrected chi connectivity index (χ3v) is 10.1. The summed E-state index contributed by atoms with van der Waals surface area (Å²) in [6.45, 7) is 0. The molecule has 0 fully saturated rings. The molecule has 0 radical (unpaired) electrons. The fourth-order valence-corrected chi connectivity index (χ4v) is 7.49. The smallest absolute Gasteiger partial charge is 0.164 e. The lowest BCUT2D eigenvalue weighted by molar-refractivity contribution is 0.596. The Labute approximate surface area is 295 Å². The van der Waals surface area contributed by atoms with E-state index in [-0.39, 0.29) is 0 Å². The summed E-state index contributed by atoms with van der Waals surface area (Å²) in [6.07, 6.45) is 4.01. The Hall–Kier alpha value is -6.65. The number of nitrogens with zero attached hydrogens (tertiary/aromatic N) is 3. The molecule has 1 aliphatic rings. The Morgan fingerprint density at radius 3 is 1.80 bits per heavy atom. The van der Waals surface area contributed by atoms with Gasteiger partial charge in [-0.15, -0.1) is 0 Å². The van der Waals surface area contributed by atoms with Crippen LogP contribution in [-0.2, 0) is 6.42 Å². The Balaban J connectivity index is 1.08. The molecular formula is C47H31N3O. The number of rotatable bonds is 5. The van der Waals surface area contributed by atoms with Gasteiger partial charge in [0.15, 0.2) is 17.5 Å². The van der Waals surface area contributed by atoms with Crippen LogP contribution in [0.3, 0.4) is 0 Å². The third-order valence-electron chi connectivity index (χ3n) is 10.1. The average Bonchev–Trinajstić information content (AvgIpc) is 3.59. The van der Waals surface area contributed by atoms with Gasteiger partial charge in [-0.05, 0) is 74.9 Å². The minimum atomic E-state index is 0.636. The van der Waals surface area contributed by atoms with E-state index in [0.717, 1.165) is 51.8 Å². The summed E-state index contributed by atoms with van der Waals surface area (Å²) in [5.41, 5.74) is 9.72. The van der Waals surface area contributed by atoms with Crippen LogP contribution in [0.15, 0.2) is 162 Å². The third kappa shape index (κ3) is 5.20. The van der Waals surface area contributed by atoms with E-state index in [9.17, 15) is 0 Å². The molecule has 0 N–H and O–H groups in total. The normalized spacial score (nSPS) is 12.7. The van der Waals surface area contributed by atoms with E-state index < -0.39 is 0 Å². The number of furan rings is 1. The van der Waals surface area contributed by atoms with Crippen LogP contribution in [0, 0.1) is 0 Å². The van der Waals surface area contributed by atoms with Gasteiger partial charge in [-0.25, -0.2) is 15.0 Å². The molecule has 4 heteroatoms. The monoisotopic (exact) mass is 653 g/mol. The molecule has 10 rings (SSSR count). The summed E-state index contributed by atoms with van der Waals surface area (Å²) in [7, 11) is 0. The van der Waals surface area contributed by atoms with Crippen LogP contribution >= 0.6 is 0 Å². The average molecular weight is 654 g/mol. The predicted molar refractivity (Wildman–Crippen MR) is 209 cm³/mol. The lowest BCUT2D eigenvalue weighted by Crippen LogP contribution is -2.01. The first-order chi connectivity index (χ1) is 25.2. The highest BCUT2D eigenvalue weighted by Crippen LogP contribution is 2.41. The first-order valence-electron chi connectivity index (χ1n) is 17.4. The van der Waals surface area contributed by atoms with Crippen LogP contribution in [-0.4, -0.2) is 15.0 Å². The Morgan fingerprint density at radius 1 is 0.431 bits per heavy atom. The molecule has 9 aromatic rings. The largest absolute Gasteiger partial charge is 0.456 e. The maximum absolute atomic E-state index is 6.60. The summed E-state index contributed by atoms with van der Waals surface area (Å²) in [5, 5.41) is 6.14. The first kappa shape index (κ1) is 29.3. The molecule has 2 aromatic heterocycles. The lowest BCUT2D eigenvalue weighted by atomic mass is 9.89. The van der Waals surface area contributed by atoms with Crippen LogP contribution < -0.4 is 0 Å². The van der Waals surface area contributed by atoms with E-state index in [1.54, 1.807) is 0 Å². The number of aromatic nitrogens is 3. The van der Waals surface area contributed by atoms with Gasteiger partial charge >= 0.3 is 0 Å². The fourth-order valence-electron chi connectivity index (χ4n) is 7.49. The van der Waals surface area contributed by atoms with Crippen molar-refractivity contribution in [1.82, 2.24) is 15.0 Å². The van der Waals surface area contributed by atoms with Gasteiger partial charge < -0.3 is 4.42 Å². The maximum Gasteiger partial charge on any atom is 0.164 e. The predicted octanol–water partition coefficient (Wildman–Crippen LogP) is 12.1. The highest BCUT2D eigenvalue weighted by molar-refractivity contribution is 6.09. The molecule has 0 saturated carbocycles. The lowest BCUT2D eigenvalue weighted by Gasteiger charge is -2.15. The van der Waals surface area contributed by atoms with Crippen LogP contribution in [0.4, 0.5) is 0 Å². The summed E-state index contributed by atoms with van der Waals surface area (Å²) in [6, 6.07) is 55.0. The van der Waals surface area contributed by atoms with Gasteiger partial charge in [0, 0.05) is 27.6 Å². The molecule has 0 saturated heterocycles. The Kier molecular flexibility index (Phi) is 6.91. The SMILES string of the molecule is C1=C(c2ccc3ccc4ccccc4c3c2)CCc2c1oc1cccc(-c3nc(-c4ccccc4)nc(-c4ccc(-c5ccccc5)cc4)n3)c21. The van der Waals surface area contributed by atoms with Crippen molar-refractivity contribution in [3.05, 3.63) is 175 Å². The van der Waals surface area contributed by atoms with Gasteiger partial charge in [-0.3, -0.25) is 0 Å². The molecule has 240 valence electrons. The number of allylic oxidation sites excluding steroid dienone is 1. The highest BCUT2D eigenvalue weighted by Gasteiger charge is 2.23. The van der Waals surface area contributed by atoms with Gasteiger partial charge in [0.25, 0.3) is 0 Å². The van der Waals surface area contributed by atoms with Gasteiger partial charge in [-0.1, -0.05) is 146 Å². The molecule has 0 aliphatic heterocycles. The van der Waals surface area contributed by atoms with E-state index in [1.165, 1.54) is 43.8 Å². The van der Waals surface area contributed by atoms with Crippen molar-refractivity contribution in [3.8, 4) is 45.3 Å². The van der Waals surface area contributed by atoms with Crippen molar-refractivity contribution in [1.29, 1.82) is 0 Å². The summed E-state index contributed by atoms with van der Waals surface area (Å²) in [4.78, 5) is 15.2. The standard InChI is InChI=1S/C47H31N3O/c1-3-10-30(11-4-1)31-18-23-35(24-19-31)46-48-45(34-13-5-2-6-14-34)49-47(50-46)40-16-9-17-42-44(40)39-27-26-37(29-43(39)51-42)36-25-22-33-21-20-32-12-7-8-15-38(32)41(33)28-36/h1-25,28-29H,26-27H2. The number of hydrogen-bond donors (Lipinski definition) is 0. The molecule has 0 bridgehead atoms. The molecule has 0 amide bonds. The topological polar surface area (TPSA) is 51.8 Å². The van der Waals surface area contributed by atoms with E-state index in [4.69, 9.17) is 19.4 Å². The Morgan fingerprint density at radius 2 is 1.02 bits per heavy atom. The molecule has 2 heterocycles. The maximum atomic E-state index is 6.60. The summed E-state index contributed by atoms with van der Waals surface area (Å²) < 4.78 is 6.60. The molecule has 51 heavy (non-hydrogen) atoms. The highest BCUT2D eigenvalue weighted by atomic mass is 16.3. The Bertz CT molecular complexity index is 2780. The molecule has 0 atom stereocenters. The van der Waals surface area contributed by atoms with Crippen LogP contribution in [0.1, 0.15) is 23.3 Å². The van der Waals surface area contributed by atoms with Crippen LogP contribution in [0.25, 0.3) is 89.5 Å². The van der Waals surface area contributed by atoms with Gasteiger partial charge in [0.05, 0.1) is 0 Å². The van der Waals surface area contributed by atoms with Crippen molar-refractivity contribution in [3.63, 3.8) is 0 Å². The van der Waals surface area contributed by atoms with Crippen LogP contribution in [0.5, 0.6) is 0 Å². The second-order valence-electron chi connectivity index (χ2n) is 13.1. The second kappa shape index (κ2) is 12.0. The number of hydrogen-bond acceptors (Lipinski definition) is 4. The zero-order valence-electron chi connectivity index (χ0n) is 27.8. The molecule has 0 spiro atoms. The van der Waals surface area contributed by atoms with Gasteiger partial charge in [0.1, 0.15) is 11.3 Å². The van der Waals surface area contributed by atoms with Crippen molar-refractivity contribution in [2.24, 2.45) is 0 Å². The quantitative estimate of drug-likeness (QED) is 0.173. The zero-order valence-corrected chi connectivity index (χ0v) is 27.8. The van der Waals surface area contributed by atoms with Crippen molar-refractivity contribution < 1.29 is 4.42 Å². The molecule has 7 aromatic carbocycles. The van der Waals surface area contributed by atoms with Crippen molar-refractivity contribution in [2.75, 3.05) is 0 Å². The van der Waals surface area contributed by atoms with Crippen LogP contribution in [0.2, 0.25) is 0 Å². The number of aryl methyl sites for hydroxylation is 1. The number of benzene rings is 7. The van der Waals surface area contributed by atoms with E-state index >= 15 is 0 Å². The first-order valence-corrected chi connectivity index (χ1v) is 17.4. The van der Waals surface area contributed by atoms with Crippen molar-refractivity contribution in [2.45, 2.75) is 12.8 Å². The zero-order chi connectivity index (χ0) is 33.7. The molecular weight excluding hydrogens is 623 g/mol. The number of fused-ring (bicyclic) bond motifs is 6. The minimum absolute atomic E-state index is 0.636. The van der Waals surface area contributed by atoms with Gasteiger partial charge in [0.2, 0.25) is 0 Å². The van der Waals surface area contributed by atoms with E-state index in [0.29, 0.717) is 17.5 Å². The fraction of sp³-hybridized carbons (Fsp3) is 0.0426. The minimum Gasteiger partial charge on any atom is -0.456 e. The van der Waals surface area contributed by atoms with Crippen molar-refractivity contribution >= 4 is 44.2 Å². The second-order valence-corrected chi connectivity index (χ2v) is 13.1. The van der Waals surface area contributed by atoms with Gasteiger partial charge in [-0.2, -0.15) is 0 Å². The summed E-state index contributed by atoms with van der Waals surface area (Å²) in [5.74, 6) is 2.82. The van der Waals surface area contributed by atoms with E-state index in [1.807, 2.05) is 42.5 Å².